The van der Waals surface area contributed by atoms with Crippen molar-refractivity contribution in [2.75, 3.05) is 5.32 Å². The van der Waals surface area contributed by atoms with Gasteiger partial charge in [0.15, 0.2) is 0 Å². The zero-order valence-corrected chi connectivity index (χ0v) is 12.4. The van der Waals surface area contributed by atoms with Gasteiger partial charge in [0.25, 0.3) is 0 Å². The summed E-state index contributed by atoms with van der Waals surface area (Å²) in [5.74, 6) is -0.166. The molecule has 0 radical (unpaired) electrons. The van der Waals surface area contributed by atoms with Crippen LogP contribution in [0.25, 0.3) is 0 Å². The van der Waals surface area contributed by atoms with Crippen LogP contribution < -0.4 is 5.32 Å². The number of hydrogen-bond donors (Lipinski definition) is 1. The third kappa shape index (κ3) is 2.63. The molecule has 98 valence electrons. The van der Waals surface area contributed by atoms with E-state index in [1.165, 1.54) is 11.6 Å². The van der Waals surface area contributed by atoms with E-state index in [1.807, 2.05) is 24.3 Å². The summed E-state index contributed by atoms with van der Waals surface area (Å²) in [5, 5.41) is 4.12. The highest BCUT2D eigenvalue weighted by molar-refractivity contribution is 9.10. The first-order valence-electron chi connectivity index (χ1n) is 6.13. The van der Waals surface area contributed by atoms with E-state index in [9.17, 15) is 4.39 Å². The molecule has 1 atom stereocenters. The zero-order valence-electron chi connectivity index (χ0n) is 10.1. The van der Waals surface area contributed by atoms with E-state index < -0.39 is 0 Å². The Bertz CT molecular complexity index is 630. The summed E-state index contributed by atoms with van der Waals surface area (Å²) in [7, 11) is 0. The molecule has 1 aliphatic carbocycles. The maximum atomic E-state index is 13.2. The first kappa shape index (κ1) is 12.9. The molecule has 3 rings (SSSR count). The zero-order chi connectivity index (χ0) is 13.4. The van der Waals surface area contributed by atoms with E-state index in [1.54, 1.807) is 6.07 Å². The Balaban J connectivity index is 1.86. The number of fused-ring (bicyclic) bond motifs is 1. The molecule has 0 bridgehead atoms. The number of anilines is 1. The second-order valence-electron chi connectivity index (χ2n) is 4.70. The Morgan fingerprint density at radius 1 is 1.21 bits per heavy atom. The Morgan fingerprint density at radius 3 is 2.84 bits per heavy atom. The average molecular weight is 341 g/mol. The van der Waals surface area contributed by atoms with Crippen molar-refractivity contribution in [3.63, 3.8) is 0 Å². The molecule has 0 amide bonds. The lowest BCUT2D eigenvalue weighted by atomic mass is 10.1. The number of nitrogens with one attached hydrogen (secondary N) is 1. The van der Waals surface area contributed by atoms with Crippen LogP contribution in [-0.4, -0.2) is 0 Å². The summed E-state index contributed by atoms with van der Waals surface area (Å²) < 4.78 is 14.1. The molecule has 1 aliphatic rings. The van der Waals surface area contributed by atoms with Crippen molar-refractivity contribution in [1.29, 1.82) is 0 Å². The standard InChI is InChI=1S/C15H12BrClFN/c16-10-2-6-15(13(17)8-10)19-14-5-1-9-7-11(18)3-4-12(9)14/h2-4,6-8,14,19H,1,5H2. The molecule has 0 saturated heterocycles. The van der Waals surface area contributed by atoms with E-state index in [2.05, 4.69) is 21.2 Å². The van der Waals surface area contributed by atoms with Gasteiger partial charge in [-0.05, 0) is 54.3 Å². The summed E-state index contributed by atoms with van der Waals surface area (Å²) in [6.45, 7) is 0. The molecular weight excluding hydrogens is 329 g/mol. The Morgan fingerprint density at radius 2 is 2.05 bits per heavy atom. The maximum absolute atomic E-state index is 13.2. The Labute approximate surface area is 124 Å². The van der Waals surface area contributed by atoms with Crippen LogP contribution in [-0.2, 0) is 6.42 Å². The van der Waals surface area contributed by atoms with Gasteiger partial charge in [-0.3, -0.25) is 0 Å². The molecule has 0 aliphatic heterocycles. The monoisotopic (exact) mass is 339 g/mol. The van der Waals surface area contributed by atoms with Crippen LogP contribution in [0.15, 0.2) is 40.9 Å². The lowest BCUT2D eigenvalue weighted by Gasteiger charge is -2.16. The Hall–Kier alpha value is -1.06. The summed E-state index contributed by atoms with van der Waals surface area (Å²) in [4.78, 5) is 0. The molecule has 0 saturated carbocycles. The predicted molar refractivity (Wildman–Crippen MR) is 80.2 cm³/mol. The molecular formula is C15H12BrClFN. The van der Waals surface area contributed by atoms with Crippen molar-refractivity contribution in [3.8, 4) is 0 Å². The maximum Gasteiger partial charge on any atom is 0.123 e. The summed E-state index contributed by atoms with van der Waals surface area (Å²) in [6, 6.07) is 11.0. The van der Waals surface area contributed by atoms with E-state index in [0.717, 1.165) is 28.6 Å². The van der Waals surface area contributed by atoms with Crippen molar-refractivity contribution in [3.05, 3.63) is 62.8 Å². The van der Waals surface area contributed by atoms with Gasteiger partial charge in [-0.25, -0.2) is 4.39 Å². The topological polar surface area (TPSA) is 12.0 Å². The SMILES string of the molecule is Fc1ccc2c(c1)CCC2Nc1ccc(Br)cc1Cl. The third-order valence-electron chi connectivity index (χ3n) is 3.44. The van der Waals surface area contributed by atoms with Crippen LogP contribution in [0.1, 0.15) is 23.6 Å². The van der Waals surface area contributed by atoms with Crippen molar-refractivity contribution < 1.29 is 4.39 Å². The smallest absolute Gasteiger partial charge is 0.123 e. The molecule has 0 spiro atoms. The normalized spacial score (nSPS) is 17.3. The van der Waals surface area contributed by atoms with Gasteiger partial charge in [-0.1, -0.05) is 33.6 Å². The minimum Gasteiger partial charge on any atom is -0.377 e. The fraction of sp³-hybridized carbons (Fsp3) is 0.200. The Kier molecular flexibility index (Phi) is 3.50. The van der Waals surface area contributed by atoms with Crippen molar-refractivity contribution >= 4 is 33.2 Å². The van der Waals surface area contributed by atoms with E-state index in [-0.39, 0.29) is 11.9 Å². The van der Waals surface area contributed by atoms with Gasteiger partial charge in [-0.15, -0.1) is 0 Å². The van der Waals surface area contributed by atoms with Crippen molar-refractivity contribution in [2.45, 2.75) is 18.9 Å². The van der Waals surface area contributed by atoms with Crippen LogP contribution in [0.4, 0.5) is 10.1 Å². The minimum absolute atomic E-state index is 0.166. The first-order valence-corrected chi connectivity index (χ1v) is 7.30. The lowest BCUT2D eigenvalue weighted by molar-refractivity contribution is 0.626. The first-order chi connectivity index (χ1) is 9.13. The van der Waals surface area contributed by atoms with Crippen LogP contribution in [0.5, 0.6) is 0 Å². The van der Waals surface area contributed by atoms with Crippen LogP contribution >= 0.6 is 27.5 Å². The van der Waals surface area contributed by atoms with E-state index >= 15 is 0 Å². The van der Waals surface area contributed by atoms with E-state index in [4.69, 9.17) is 11.6 Å². The van der Waals surface area contributed by atoms with Crippen molar-refractivity contribution in [1.82, 2.24) is 0 Å². The average Bonchev–Trinajstić information content (AvgIpc) is 2.75. The van der Waals surface area contributed by atoms with Gasteiger partial charge in [-0.2, -0.15) is 0 Å². The van der Waals surface area contributed by atoms with Crippen LogP contribution in [0.3, 0.4) is 0 Å². The van der Waals surface area contributed by atoms with E-state index in [0.29, 0.717) is 5.02 Å². The largest absolute Gasteiger partial charge is 0.377 e. The van der Waals surface area contributed by atoms with Gasteiger partial charge in [0.1, 0.15) is 5.82 Å². The number of benzene rings is 2. The van der Waals surface area contributed by atoms with Gasteiger partial charge in [0.2, 0.25) is 0 Å². The summed E-state index contributed by atoms with van der Waals surface area (Å²) >= 11 is 9.60. The molecule has 0 heterocycles. The van der Waals surface area contributed by atoms with Crippen LogP contribution in [0.2, 0.25) is 5.02 Å². The highest BCUT2D eigenvalue weighted by Crippen LogP contribution is 2.36. The molecule has 1 nitrogen and oxygen atoms in total. The fourth-order valence-electron chi connectivity index (χ4n) is 2.53. The summed E-state index contributed by atoms with van der Waals surface area (Å²) in [6.07, 6.45) is 1.87. The highest BCUT2D eigenvalue weighted by Gasteiger charge is 2.23. The van der Waals surface area contributed by atoms with Gasteiger partial charge in [0.05, 0.1) is 16.8 Å². The van der Waals surface area contributed by atoms with Gasteiger partial charge < -0.3 is 5.32 Å². The van der Waals surface area contributed by atoms with Crippen molar-refractivity contribution in [2.24, 2.45) is 0 Å². The number of halogens is 3. The second kappa shape index (κ2) is 5.14. The van der Waals surface area contributed by atoms with Gasteiger partial charge in [0, 0.05) is 4.47 Å². The third-order valence-corrected chi connectivity index (χ3v) is 4.25. The quantitative estimate of drug-likeness (QED) is 0.778. The molecule has 19 heavy (non-hydrogen) atoms. The number of hydrogen-bond acceptors (Lipinski definition) is 1. The molecule has 1 unspecified atom stereocenters. The molecule has 2 aromatic rings. The number of aryl methyl sites for hydroxylation is 1. The number of rotatable bonds is 2. The molecule has 2 aromatic carbocycles. The summed E-state index contributed by atoms with van der Waals surface area (Å²) in [5.41, 5.74) is 3.16. The molecule has 1 N–H and O–H groups in total. The highest BCUT2D eigenvalue weighted by atomic mass is 79.9. The predicted octanol–water partition coefficient (Wildman–Crippen LogP) is 5.34. The second-order valence-corrected chi connectivity index (χ2v) is 6.03. The molecule has 4 heteroatoms. The fourth-order valence-corrected chi connectivity index (χ4v) is 3.26. The lowest BCUT2D eigenvalue weighted by Crippen LogP contribution is -2.07. The van der Waals surface area contributed by atoms with Gasteiger partial charge >= 0.3 is 0 Å². The molecule has 0 aromatic heterocycles. The molecule has 0 fully saturated rings. The minimum atomic E-state index is -0.166. The van der Waals surface area contributed by atoms with Crippen LogP contribution in [0, 0.1) is 5.82 Å².